The van der Waals surface area contributed by atoms with Crippen LogP contribution in [0.2, 0.25) is 0 Å². The van der Waals surface area contributed by atoms with Crippen LogP contribution in [0.5, 0.6) is 5.75 Å². The average Bonchev–Trinajstić information content (AvgIpc) is 3.21. The number of hydrogen-bond acceptors (Lipinski definition) is 4. The highest BCUT2D eigenvalue weighted by Gasteiger charge is 2.27. The van der Waals surface area contributed by atoms with Crippen molar-refractivity contribution in [2.24, 2.45) is 0 Å². The molecule has 0 unspecified atom stereocenters. The van der Waals surface area contributed by atoms with Crippen LogP contribution in [0, 0.1) is 0 Å². The van der Waals surface area contributed by atoms with E-state index in [9.17, 15) is 4.79 Å². The zero-order valence-corrected chi connectivity index (χ0v) is 17.2. The zero-order chi connectivity index (χ0) is 19.9. The first-order valence-corrected chi connectivity index (χ1v) is 10.2. The van der Waals surface area contributed by atoms with Crippen molar-refractivity contribution in [3.63, 3.8) is 0 Å². The Hall–Kier alpha value is -2.73. The van der Waals surface area contributed by atoms with Gasteiger partial charge in [-0.3, -0.25) is 9.36 Å². The van der Waals surface area contributed by atoms with Crippen molar-refractivity contribution in [2.45, 2.75) is 24.3 Å². The molecule has 28 heavy (non-hydrogen) atoms. The third kappa shape index (κ3) is 4.39. The van der Waals surface area contributed by atoms with E-state index in [2.05, 4.69) is 4.98 Å². The van der Waals surface area contributed by atoms with Crippen molar-refractivity contribution < 1.29 is 9.53 Å². The van der Waals surface area contributed by atoms with E-state index in [0.29, 0.717) is 13.1 Å². The molecule has 0 saturated carbocycles. The van der Waals surface area contributed by atoms with Crippen molar-refractivity contribution in [3.8, 4) is 11.4 Å². The lowest BCUT2D eigenvalue weighted by molar-refractivity contribution is -0.130. The number of likely N-dealkylation sites (N-methyl/N-ethyl adjacent to an activating group) is 1. The zero-order valence-electron chi connectivity index (χ0n) is 16.4. The smallest absolute Gasteiger partial charge is 0.240 e. The summed E-state index contributed by atoms with van der Waals surface area (Å²) in [5.74, 6) is 0.905. The minimum atomic E-state index is -0.347. The van der Waals surface area contributed by atoms with E-state index < -0.39 is 0 Å². The molecule has 0 bridgehead atoms. The second-order valence-electron chi connectivity index (χ2n) is 6.20. The predicted molar refractivity (Wildman–Crippen MR) is 113 cm³/mol. The van der Waals surface area contributed by atoms with Gasteiger partial charge in [0.1, 0.15) is 11.0 Å². The SMILES string of the molecule is CCN(CC)C(=O)[C@H](Sc1nccn1-c1ccc(OC)cc1)c1ccccc1. The van der Waals surface area contributed by atoms with Crippen LogP contribution in [-0.2, 0) is 4.79 Å². The summed E-state index contributed by atoms with van der Waals surface area (Å²) in [4.78, 5) is 19.6. The van der Waals surface area contributed by atoms with Crippen LogP contribution in [0.1, 0.15) is 24.7 Å². The third-order valence-corrected chi connectivity index (χ3v) is 5.80. The van der Waals surface area contributed by atoms with E-state index in [1.807, 2.05) is 84.1 Å². The number of methoxy groups -OCH3 is 1. The molecule has 1 amide bonds. The lowest BCUT2D eigenvalue weighted by atomic mass is 10.1. The fourth-order valence-electron chi connectivity index (χ4n) is 3.01. The summed E-state index contributed by atoms with van der Waals surface area (Å²) in [7, 11) is 1.65. The fraction of sp³-hybridized carbons (Fsp3) is 0.273. The molecule has 0 aliphatic heterocycles. The second-order valence-corrected chi connectivity index (χ2v) is 7.27. The van der Waals surface area contributed by atoms with Gasteiger partial charge in [-0.15, -0.1) is 0 Å². The molecule has 0 radical (unpaired) electrons. The number of imidazole rings is 1. The summed E-state index contributed by atoms with van der Waals surface area (Å²) in [5, 5.41) is 0.431. The van der Waals surface area contributed by atoms with E-state index in [1.54, 1.807) is 13.3 Å². The van der Waals surface area contributed by atoms with Crippen LogP contribution in [0.15, 0.2) is 72.1 Å². The molecule has 1 atom stereocenters. The van der Waals surface area contributed by atoms with Gasteiger partial charge in [-0.05, 0) is 43.7 Å². The first-order chi connectivity index (χ1) is 13.7. The lowest BCUT2D eigenvalue weighted by Gasteiger charge is -2.25. The van der Waals surface area contributed by atoms with E-state index >= 15 is 0 Å². The van der Waals surface area contributed by atoms with Crippen LogP contribution in [0.4, 0.5) is 0 Å². The number of carbonyl (C=O) groups excluding carboxylic acids is 1. The molecule has 0 fully saturated rings. The number of thioether (sulfide) groups is 1. The van der Waals surface area contributed by atoms with Crippen LogP contribution < -0.4 is 4.74 Å². The highest BCUT2D eigenvalue weighted by atomic mass is 32.2. The fourth-order valence-corrected chi connectivity index (χ4v) is 4.17. The van der Waals surface area contributed by atoms with E-state index in [-0.39, 0.29) is 11.2 Å². The second kappa shape index (κ2) is 9.46. The maximum Gasteiger partial charge on any atom is 0.240 e. The van der Waals surface area contributed by atoms with Crippen LogP contribution >= 0.6 is 11.8 Å². The van der Waals surface area contributed by atoms with Gasteiger partial charge in [0.2, 0.25) is 5.91 Å². The number of aromatic nitrogens is 2. The maximum atomic E-state index is 13.2. The molecule has 2 aromatic carbocycles. The van der Waals surface area contributed by atoms with Gasteiger partial charge in [-0.2, -0.15) is 0 Å². The lowest BCUT2D eigenvalue weighted by Crippen LogP contribution is -2.34. The Bertz CT molecular complexity index is 890. The number of ether oxygens (including phenoxy) is 1. The molecular weight excluding hydrogens is 370 g/mol. The van der Waals surface area contributed by atoms with Gasteiger partial charge in [-0.25, -0.2) is 4.98 Å². The monoisotopic (exact) mass is 395 g/mol. The molecule has 0 N–H and O–H groups in total. The topological polar surface area (TPSA) is 47.4 Å². The van der Waals surface area contributed by atoms with Crippen molar-refractivity contribution in [2.75, 3.05) is 20.2 Å². The molecule has 6 heteroatoms. The third-order valence-electron chi connectivity index (χ3n) is 4.58. The molecule has 1 heterocycles. The van der Waals surface area contributed by atoms with E-state index in [4.69, 9.17) is 4.74 Å². The first-order valence-electron chi connectivity index (χ1n) is 9.36. The van der Waals surface area contributed by atoms with Crippen LogP contribution in [0.3, 0.4) is 0 Å². The molecule has 146 valence electrons. The number of hydrogen-bond donors (Lipinski definition) is 0. The molecule has 1 aromatic heterocycles. The van der Waals surface area contributed by atoms with Gasteiger partial charge >= 0.3 is 0 Å². The van der Waals surface area contributed by atoms with Crippen LogP contribution in [0.25, 0.3) is 5.69 Å². The van der Waals surface area contributed by atoms with Crippen molar-refractivity contribution in [1.82, 2.24) is 14.5 Å². The summed E-state index contributed by atoms with van der Waals surface area (Å²) in [6.07, 6.45) is 3.67. The quantitative estimate of drug-likeness (QED) is 0.524. The normalized spacial score (nSPS) is 11.8. The molecule has 3 aromatic rings. The number of benzene rings is 2. The Morgan fingerprint density at radius 3 is 2.39 bits per heavy atom. The van der Waals surface area contributed by atoms with Gasteiger partial charge < -0.3 is 9.64 Å². The molecule has 0 spiro atoms. The van der Waals surface area contributed by atoms with Gasteiger partial charge in [0.25, 0.3) is 0 Å². The minimum Gasteiger partial charge on any atom is -0.497 e. The molecular formula is C22H25N3O2S. The summed E-state index contributed by atoms with van der Waals surface area (Å²) in [5.41, 5.74) is 1.96. The average molecular weight is 396 g/mol. The summed E-state index contributed by atoms with van der Waals surface area (Å²) >= 11 is 1.48. The molecule has 3 rings (SSSR count). The Labute approximate surface area is 170 Å². The molecule has 5 nitrogen and oxygen atoms in total. The summed E-state index contributed by atoms with van der Waals surface area (Å²) in [6.45, 7) is 5.39. The summed E-state index contributed by atoms with van der Waals surface area (Å²) < 4.78 is 7.24. The largest absolute Gasteiger partial charge is 0.497 e. The predicted octanol–water partition coefficient (Wildman–Crippen LogP) is 4.58. The van der Waals surface area contributed by atoms with Crippen molar-refractivity contribution in [3.05, 3.63) is 72.6 Å². The molecule has 0 saturated heterocycles. The number of nitrogens with zero attached hydrogens (tertiary/aromatic N) is 3. The van der Waals surface area contributed by atoms with Gasteiger partial charge in [0.15, 0.2) is 5.16 Å². The van der Waals surface area contributed by atoms with Gasteiger partial charge in [0.05, 0.1) is 7.11 Å². The van der Waals surface area contributed by atoms with Crippen LogP contribution in [-0.4, -0.2) is 40.6 Å². The maximum absolute atomic E-state index is 13.2. The minimum absolute atomic E-state index is 0.102. The number of rotatable bonds is 8. The van der Waals surface area contributed by atoms with E-state index in [1.165, 1.54) is 11.8 Å². The van der Waals surface area contributed by atoms with E-state index in [0.717, 1.165) is 22.2 Å². The number of amides is 1. The first kappa shape index (κ1) is 20.0. The van der Waals surface area contributed by atoms with Crippen molar-refractivity contribution in [1.29, 1.82) is 0 Å². The van der Waals surface area contributed by atoms with Crippen molar-refractivity contribution >= 4 is 17.7 Å². The summed E-state index contributed by atoms with van der Waals surface area (Å²) in [6, 6.07) is 17.7. The highest BCUT2D eigenvalue weighted by Crippen LogP contribution is 2.37. The Kier molecular flexibility index (Phi) is 6.76. The molecule has 0 aliphatic rings. The Morgan fingerprint density at radius 2 is 1.79 bits per heavy atom. The Morgan fingerprint density at radius 1 is 1.11 bits per heavy atom. The molecule has 0 aliphatic carbocycles. The van der Waals surface area contributed by atoms with Gasteiger partial charge in [0, 0.05) is 31.2 Å². The highest BCUT2D eigenvalue weighted by molar-refractivity contribution is 8.00. The Balaban J connectivity index is 1.93. The number of carbonyl (C=O) groups is 1. The standard InChI is InChI=1S/C22H25N3O2S/c1-4-24(5-2)21(26)20(17-9-7-6-8-10-17)28-22-23-15-16-25(22)18-11-13-19(27-3)14-12-18/h6-16,20H,4-5H2,1-3H3/t20-/m1/s1. The van der Waals surface area contributed by atoms with Gasteiger partial charge in [-0.1, -0.05) is 42.1 Å².